The summed E-state index contributed by atoms with van der Waals surface area (Å²) in [6.07, 6.45) is 2.86. The normalized spacial score (nSPS) is 14.7. The molecule has 0 aliphatic heterocycles. The molecule has 16 heavy (non-hydrogen) atoms. The molecule has 0 fully saturated rings. The number of hydrogen-bond acceptors (Lipinski definition) is 4. The van der Waals surface area contributed by atoms with Crippen LogP contribution in [0, 0.1) is 0 Å². The van der Waals surface area contributed by atoms with Gasteiger partial charge in [-0.25, -0.2) is 4.98 Å². The van der Waals surface area contributed by atoms with Gasteiger partial charge in [-0.1, -0.05) is 13.0 Å². The Kier molecular flexibility index (Phi) is 5.80. The minimum Gasteiger partial charge on any atom is -0.394 e. The fourth-order valence-corrected chi connectivity index (χ4v) is 2.22. The van der Waals surface area contributed by atoms with Crippen LogP contribution in [-0.4, -0.2) is 34.5 Å². The van der Waals surface area contributed by atoms with E-state index in [2.05, 4.69) is 17.2 Å². The molecule has 1 atom stereocenters. The zero-order valence-electron chi connectivity index (χ0n) is 9.94. The van der Waals surface area contributed by atoms with Crippen molar-refractivity contribution >= 4 is 11.8 Å². The third-order valence-corrected chi connectivity index (χ3v) is 3.65. The molecule has 4 heteroatoms. The van der Waals surface area contributed by atoms with E-state index in [4.69, 9.17) is 0 Å². The Bertz CT molecular complexity index is 294. The van der Waals surface area contributed by atoms with Crippen molar-refractivity contribution in [2.24, 2.45) is 0 Å². The van der Waals surface area contributed by atoms with Gasteiger partial charge in [-0.2, -0.15) is 0 Å². The molecule has 3 nitrogen and oxygen atoms in total. The largest absolute Gasteiger partial charge is 0.394 e. The van der Waals surface area contributed by atoms with E-state index in [1.54, 1.807) is 18.0 Å². The summed E-state index contributed by atoms with van der Waals surface area (Å²) in [5.41, 5.74) is -0.224. The Morgan fingerprint density at radius 2 is 2.31 bits per heavy atom. The van der Waals surface area contributed by atoms with Crippen molar-refractivity contribution in [3.8, 4) is 0 Å². The third kappa shape index (κ3) is 4.51. The quantitative estimate of drug-likeness (QED) is 0.715. The van der Waals surface area contributed by atoms with Gasteiger partial charge < -0.3 is 10.4 Å². The highest BCUT2D eigenvalue weighted by Crippen LogP contribution is 2.20. The van der Waals surface area contributed by atoms with Gasteiger partial charge >= 0.3 is 0 Å². The highest BCUT2D eigenvalue weighted by atomic mass is 32.2. The second kappa shape index (κ2) is 6.89. The summed E-state index contributed by atoms with van der Waals surface area (Å²) in [6.45, 7) is 5.24. The number of hydrogen-bond donors (Lipinski definition) is 2. The first kappa shape index (κ1) is 13.5. The summed E-state index contributed by atoms with van der Waals surface area (Å²) in [5, 5.41) is 13.8. The van der Waals surface area contributed by atoms with Crippen LogP contribution in [0.5, 0.6) is 0 Å². The molecule has 0 saturated heterocycles. The zero-order valence-corrected chi connectivity index (χ0v) is 10.8. The maximum atomic E-state index is 9.39. The molecule has 1 aromatic heterocycles. The van der Waals surface area contributed by atoms with E-state index in [1.165, 1.54) is 0 Å². The molecule has 90 valence electrons. The number of nitrogens with zero attached hydrogens (tertiary/aromatic N) is 1. The number of nitrogens with one attached hydrogen (secondary N) is 1. The maximum Gasteiger partial charge on any atom is 0.0960 e. The Morgan fingerprint density at radius 3 is 2.88 bits per heavy atom. The number of aliphatic hydroxyl groups is 1. The van der Waals surface area contributed by atoms with E-state index >= 15 is 0 Å². The molecule has 0 radical (unpaired) electrons. The van der Waals surface area contributed by atoms with Crippen molar-refractivity contribution in [2.75, 3.05) is 18.9 Å². The van der Waals surface area contributed by atoms with Crippen LogP contribution >= 0.6 is 11.8 Å². The molecular weight excluding hydrogens is 220 g/mol. The predicted octanol–water partition coefficient (Wildman–Crippen LogP) is 1.92. The molecule has 1 heterocycles. The van der Waals surface area contributed by atoms with E-state index < -0.39 is 0 Å². The van der Waals surface area contributed by atoms with Crippen LogP contribution in [0.15, 0.2) is 29.4 Å². The first-order valence-electron chi connectivity index (χ1n) is 5.60. The molecule has 1 rings (SSSR count). The summed E-state index contributed by atoms with van der Waals surface area (Å²) >= 11 is 1.67. The lowest BCUT2D eigenvalue weighted by Crippen LogP contribution is -2.48. The number of aliphatic hydroxyl groups excluding tert-OH is 1. The van der Waals surface area contributed by atoms with Crippen LogP contribution in [0.4, 0.5) is 0 Å². The van der Waals surface area contributed by atoms with E-state index in [1.807, 2.05) is 25.1 Å². The van der Waals surface area contributed by atoms with Crippen LogP contribution in [0.3, 0.4) is 0 Å². The van der Waals surface area contributed by atoms with Crippen LogP contribution in [0.25, 0.3) is 0 Å². The van der Waals surface area contributed by atoms with Gasteiger partial charge in [-0.15, -0.1) is 11.8 Å². The summed E-state index contributed by atoms with van der Waals surface area (Å²) in [7, 11) is 0. The highest BCUT2D eigenvalue weighted by molar-refractivity contribution is 7.99. The lowest BCUT2D eigenvalue weighted by Gasteiger charge is -2.28. The lowest BCUT2D eigenvalue weighted by atomic mass is 10.1. The van der Waals surface area contributed by atoms with E-state index in [9.17, 15) is 5.11 Å². The van der Waals surface area contributed by atoms with Crippen LogP contribution < -0.4 is 5.32 Å². The van der Waals surface area contributed by atoms with Gasteiger partial charge in [-0.05, 0) is 32.0 Å². The molecule has 0 amide bonds. The lowest BCUT2D eigenvalue weighted by molar-refractivity contribution is 0.192. The zero-order chi connectivity index (χ0) is 11.9. The topological polar surface area (TPSA) is 45.1 Å². The van der Waals surface area contributed by atoms with Crippen molar-refractivity contribution in [3.05, 3.63) is 24.4 Å². The van der Waals surface area contributed by atoms with Gasteiger partial charge in [0, 0.05) is 17.5 Å². The number of aromatic nitrogens is 1. The van der Waals surface area contributed by atoms with Gasteiger partial charge in [0.1, 0.15) is 0 Å². The highest BCUT2D eigenvalue weighted by Gasteiger charge is 2.22. The Morgan fingerprint density at radius 1 is 1.50 bits per heavy atom. The minimum absolute atomic E-state index is 0.146. The van der Waals surface area contributed by atoms with E-state index in [0.717, 1.165) is 23.7 Å². The van der Waals surface area contributed by atoms with Crippen LogP contribution in [-0.2, 0) is 0 Å². The summed E-state index contributed by atoms with van der Waals surface area (Å²) in [4.78, 5) is 4.25. The van der Waals surface area contributed by atoms with E-state index in [0.29, 0.717) is 0 Å². The molecule has 1 unspecified atom stereocenters. The predicted molar refractivity (Wildman–Crippen MR) is 68.7 cm³/mol. The monoisotopic (exact) mass is 240 g/mol. The van der Waals surface area contributed by atoms with Crippen molar-refractivity contribution in [1.82, 2.24) is 10.3 Å². The smallest absolute Gasteiger partial charge is 0.0960 e. The summed E-state index contributed by atoms with van der Waals surface area (Å²) < 4.78 is 0. The minimum atomic E-state index is -0.224. The van der Waals surface area contributed by atoms with Gasteiger partial charge in [0.25, 0.3) is 0 Å². The molecule has 1 aromatic rings. The Labute approximate surface area is 102 Å². The maximum absolute atomic E-state index is 9.39. The Balaban J connectivity index is 2.44. The van der Waals surface area contributed by atoms with Crippen molar-refractivity contribution < 1.29 is 5.11 Å². The van der Waals surface area contributed by atoms with Gasteiger partial charge in [0.15, 0.2) is 0 Å². The first-order valence-corrected chi connectivity index (χ1v) is 6.58. The molecule has 0 spiro atoms. The molecule has 0 bridgehead atoms. The number of thioether (sulfide) groups is 1. The number of pyridine rings is 1. The summed E-state index contributed by atoms with van der Waals surface area (Å²) in [5.74, 6) is 0.820. The molecule has 2 N–H and O–H groups in total. The van der Waals surface area contributed by atoms with Crippen LogP contribution in [0.2, 0.25) is 0 Å². The fourth-order valence-electron chi connectivity index (χ4n) is 1.25. The second-order valence-electron chi connectivity index (χ2n) is 4.10. The molecular formula is C12H20N2OS. The average molecular weight is 240 g/mol. The second-order valence-corrected chi connectivity index (χ2v) is 5.10. The van der Waals surface area contributed by atoms with Gasteiger partial charge in [-0.3, -0.25) is 0 Å². The first-order chi connectivity index (χ1) is 7.70. The molecule has 0 aliphatic rings. The van der Waals surface area contributed by atoms with Gasteiger partial charge in [0.05, 0.1) is 11.6 Å². The van der Waals surface area contributed by atoms with Crippen molar-refractivity contribution in [2.45, 2.75) is 30.8 Å². The molecule has 0 saturated carbocycles. The average Bonchev–Trinajstić information content (AvgIpc) is 2.35. The van der Waals surface area contributed by atoms with Crippen molar-refractivity contribution in [1.29, 1.82) is 0 Å². The fraction of sp³-hybridized carbons (Fsp3) is 0.583. The van der Waals surface area contributed by atoms with Crippen LogP contribution in [0.1, 0.15) is 20.3 Å². The standard InChI is InChI=1S/C12H20N2OS/c1-3-7-14-12(2,9-15)10-16-11-6-4-5-8-13-11/h4-6,8,14-15H,3,7,9-10H2,1-2H3. The summed E-state index contributed by atoms with van der Waals surface area (Å²) in [6, 6.07) is 5.87. The SMILES string of the molecule is CCCNC(C)(CO)CSc1ccccn1. The Hall–Kier alpha value is -0.580. The molecule has 0 aliphatic carbocycles. The van der Waals surface area contributed by atoms with Gasteiger partial charge in [0.2, 0.25) is 0 Å². The molecule has 0 aromatic carbocycles. The van der Waals surface area contributed by atoms with Crippen molar-refractivity contribution in [3.63, 3.8) is 0 Å². The number of rotatable bonds is 7. The third-order valence-electron chi connectivity index (χ3n) is 2.33. The van der Waals surface area contributed by atoms with E-state index in [-0.39, 0.29) is 12.1 Å².